The van der Waals surface area contributed by atoms with E-state index in [-0.39, 0.29) is 175 Å². The van der Waals surface area contributed by atoms with Gasteiger partial charge >= 0.3 is 66.7 Å². The monoisotopic (exact) mass is 1880 g/mol. The molecule has 666 valence electrons. The minimum Gasteiger partial charge on any atom is -0.780 e. The average molecular weight is 1880 g/mol. The van der Waals surface area contributed by atoms with Gasteiger partial charge < -0.3 is 75.9 Å². The number of benzene rings is 9. The summed E-state index contributed by atoms with van der Waals surface area (Å²) in [6.45, 7) is 40.6. The number of aromatic hydroxyl groups is 1. The Balaban J connectivity index is 0.000000439. The zero-order valence-corrected chi connectivity index (χ0v) is 83.4. The fourth-order valence-electron chi connectivity index (χ4n) is 13.0. The zero-order chi connectivity index (χ0) is 88.3. The molecule has 0 saturated heterocycles. The molecule has 1 unspecified atom stereocenters. The average Bonchev–Trinajstić information content (AvgIpc) is 0.755. The van der Waals surface area contributed by atoms with Crippen molar-refractivity contribution < 1.29 is 141 Å². The molecule has 0 spiro atoms. The summed E-state index contributed by atoms with van der Waals surface area (Å²) in [7, 11) is -9.73. The van der Waals surface area contributed by atoms with Gasteiger partial charge in [-0.05, 0) is 126 Å². The molecule has 22 nitrogen and oxygen atoms in total. The van der Waals surface area contributed by atoms with Crippen molar-refractivity contribution in [2.45, 2.75) is 192 Å². The number of nitrogens with one attached hydrogen (secondary N) is 6. The molecule has 28 heteroatoms. The molecular weight excluding hydrogens is 1760 g/mol. The molecule has 0 aliphatic rings. The van der Waals surface area contributed by atoms with Gasteiger partial charge in [0, 0.05) is 131 Å². The first-order chi connectivity index (χ1) is 56.0. The van der Waals surface area contributed by atoms with Gasteiger partial charge in [-0.25, -0.2) is 4.57 Å². The van der Waals surface area contributed by atoms with E-state index in [1.165, 1.54) is 42.4 Å². The van der Waals surface area contributed by atoms with Crippen LogP contribution in [0.15, 0.2) is 233 Å². The van der Waals surface area contributed by atoms with E-state index < -0.39 is 57.8 Å². The number of carbonyl (C=O) groups is 3. The molecule has 7 N–H and O–H groups in total. The van der Waals surface area contributed by atoms with Crippen molar-refractivity contribution in [3.63, 3.8) is 0 Å². The number of aromatic amines is 3. The number of phosphoric acid groups is 1. The van der Waals surface area contributed by atoms with Gasteiger partial charge in [0.2, 0.25) is 16.3 Å². The number of anilines is 3. The van der Waals surface area contributed by atoms with Gasteiger partial charge in [-0.3, -0.25) is 33.3 Å². The first kappa shape index (κ1) is 112. The SMILES string of the molecule is C.C.CC(C)(C)c1cc(C(C)(C)C)c(NC(=O)c2c[nH]c3ccccc3c2=O)cc1O.CC(C)(C)c1cc(C(C)(C)C)c(OP(=O)([O-])[O-])cc1NC(=O)c1c[nH]c2ccccc2c1=O.CC(C)(C)c1cc(C(C)(C)C)c(OP(C)(=O)OCc2ccccc2)cc1NC(=O)c1c[nH]c2ccccc2c1=O.CP(OCc1ccccc1)OCc1ccccc1.[CH3-].[Na+].[Na+].[Pd]. The van der Waals surface area contributed by atoms with E-state index in [1.807, 2.05) is 222 Å². The Bertz CT molecular complexity index is 5940. The normalized spacial score (nSPS) is 12.0. The first-order valence-corrected chi connectivity index (χ1v) is 44.3. The summed E-state index contributed by atoms with van der Waals surface area (Å²) in [6.07, 6.45) is 4.19. The van der Waals surface area contributed by atoms with Crippen LogP contribution in [0, 0.1) is 7.43 Å². The Morgan fingerprint density at radius 2 is 0.659 bits per heavy atom. The molecule has 3 aromatic heterocycles. The molecule has 0 aliphatic heterocycles. The number of rotatable bonds is 19. The molecule has 9 aromatic carbocycles. The Labute approximate surface area is 801 Å². The van der Waals surface area contributed by atoms with Crippen molar-refractivity contribution in [2.24, 2.45) is 0 Å². The molecule has 126 heavy (non-hydrogen) atoms. The number of fused-ring (bicyclic) bond motifs is 3. The van der Waals surface area contributed by atoms with Gasteiger partial charge in [0.1, 0.15) is 41.8 Å². The number of hydrogen-bond donors (Lipinski definition) is 7. The zero-order valence-electron chi connectivity index (χ0n) is 75.1. The van der Waals surface area contributed by atoms with E-state index in [2.05, 4.69) is 55.2 Å². The molecule has 0 saturated carbocycles. The number of phosphoric ester groups is 1. The van der Waals surface area contributed by atoms with Gasteiger partial charge in [-0.2, -0.15) is 0 Å². The summed E-state index contributed by atoms with van der Waals surface area (Å²) in [4.78, 5) is 110. The van der Waals surface area contributed by atoms with Crippen molar-refractivity contribution in [3.05, 3.63) is 324 Å². The number of aromatic nitrogens is 3. The Morgan fingerprint density at radius 1 is 0.397 bits per heavy atom. The fourth-order valence-corrected chi connectivity index (χ4v) is 15.1. The van der Waals surface area contributed by atoms with Gasteiger partial charge in [-0.15, -0.1) is 0 Å². The quantitative estimate of drug-likeness (QED) is 0.0225. The molecule has 0 aliphatic carbocycles. The maximum atomic E-state index is 13.5. The second-order valence-corrected chi connectivity index (χ2v) is 39.9. The number of amides is 3. The second-order valence-electron chi connectivity index (χ2n) is 35.4. The molecule has 3 amide bonds. The van der Waals surface area contributed by atoms with Crippen molar-refractivity contribution in [1.82, 2.24) is 15.0 Å². The Morgan fingerprint density at radius 3 is 0.952 bits per heavy atom. The number of phenols is 1. The van der Waals surface area contributed by atoms with Crippen molar-refractivity contribution in [1.29, 1.82) is 0 Å². The molecule has 0 radical (unpaired) electrons. The van der Waals surface area contributed by atoms with Gasteiger partial charge in [-0.1, -0.05) is 267 Å². The molecule has 12 aromatic rings. The van der Waals surface area contributed by atoms with Crippen LogP contribution in [0.1, 0.15) is 221 Å². The van der Waals surface area contributed by atoms with E-state index in [9.17, 15) is 52.8 Å². The summed E-state index contributed by atoms with van der Waals surface area (Å²) >= 11 is 0. The summed E-state index contributed by atoms with van der Waals surface area (Å²) in [5, 5.41) is 20.3. The smallest absolute Gasteiger partial charge is 0.780 e. The first-order valence-electron chi connectivity index (χ1n) is 39.2. The van der Waals surface area contributed by atoms with Crippen LogP contribution in [0.25, 0.3) is 32.7 Å². The van der Waals surface area contributed by atoms with E-state index in [1.54, 1.807) is 78.9 Å². The third-order valence-electron chi connectivity index (χ3n) is 19.4. The van der Waals surface area contributed by atoms with Crippen LogP contribution in [0.4, 0.5) is 17.1 Å². The predicted octanol–water partition coefficient (Wildman–Crippen LogP) is 16.5. The van der Waals surface area contributed by atoms with E-state index >= 15 is 0 Å². The third-order valence-corrected chi connectivity index (χ3v) is 21.9. The number of phenolic OH excluding ortho intramolecular Hbond substituents is 1. The minimum absolute atomic E-state index is 0. The van der Waals surface area contributed by atoms with Crippen LogP contribution in [-0.2, 0) is 95.4 Å². The van der Waals surface area contributed by atoms with E-state index in [4.69, 9.17) is 22.6 Å². The maximum absolute atomic E-state index is 13.5. The third kappa shape index (κ3) is 31.0. The van der Waals surface area contributed by atoms with Crippen LogP contribution in [0.2, 0.25) is 0 Å². The Hall–Kier alpha value is -8.23. The number of para-hydroxylation sites is 3. The van der Waals surface area contributed by atoms with Gasteiger partial charge in [0.15, 0.2) is 8.38 Å². The van der Waals surface area contributed by atoms with Crippen molar-refractivity contribution in [3.8, 4) is 17.2 Å². The fraction of sp³-hybridized carbons (Fsp3) is 0.316. The molecular formula is C98H120N6Na2O16P3Pd-. The summed E-state index contributed by atoms with van der Waals surface area (Å²) in [6, 6.07) is 60.9. The standard InChI is InChI=1S/C32H37N2O5P.C24H29N2O6P.C24H28N2O3.C15H17O2P.2CH4.CH3.2Na.Pd/c1-31(2,3)24-17-25(32(4,5)6)28(39-40(7,37)38-20-21-13-9-8-10-14-21)18-27(24)34-30(36)23-19-33-26-16-12-11-15-22(26)29(23)35;1-23(2,3)16-11-17(24(4,5)6)20(32-33(29,30)31)12-19(16)26-22(28)15-13-25-18-10-8-7-9-14(18)21(15)27;1-23(2,3)16-11-17(24(4,5)6)20(27)12-19(16)26-22(29)15-13-25-18-10-8-7-9-14(18)21(15)28;1-18(16-12-14-8-4-2-5-9-14)17-13-15-10-6-3-7-11-15;;;;;;/h8-19H,20H2,1-7H3,(H,33,35)(H,34,36);7-13H,1-6H3,(H,25,27)(H,26,28)(H2,29,30,31);7-13,27H,1-6H3,(H,25,28)(H,26,29);2-11H,12-13H2,1H3;2*1H4;1H3;;;/q;;;;;;-1;2*+1;/p-2. The number of hydrogen-bond acceptors (Lipinski definition) is 16. The van der Waals surface area contributed by atoms with Crippen LogP contribution in [0.3, 0.4) is 0 Å². The number of carbonyl (C=O) groups excluding carboxylic acids is 3. The summed E-state index contributed by atoms with van der Waals surface area (Å²) < 4.78 is 52.8. The van der Waals surface area contributed by atoms with Gasteiger partial charge in [0.05, 0.1) is 19.8 Å². The minimum atomic E-state index is -5.35. The van der Waals surface area contributed by atoms with Crippen LogP contribution in [0.5, 0.6) is 17.2 Å². The molecule has 0 fully saturated rings. The molecule has 12 rings (SSSR count). The second kappa shape index (κ2) is 46.9. The van der Waals surface area contributed by atoms with Crippen LogP contribution >= 0.6 is 23.8 Å². The Kier molecular flexibility index (Phi) is 41.6. The van der Waals surface area contributed by atoms with Crippen LogP contribution in [-0.4, -0.2) is 51.1 Å². The van der Waals surface area contributed by atoms with Crippen molar-refractivity contribution >= 4 is 91.3 Å². The molecule has 0 bridgehead atoms. The molecule has 1 atom stereocenters. The van der Waals surface area contributed by atoms with E-state index in [0.717, 1.165) is 27.8 Å². The van der Waals surface area contributed by atoms with E-state index in [0.29, 0.717) is 74.2 Å². The largest absolute Gasteiger partial charge is 1.00 e. The predicted molar refractivity (Wildman–Crippen MR) is 500 cm³/mol. The van der Waals surface area contributed by atoms with Gasteiger partial charge in [0.25, 0.3) is 17.7 Å². The summed E-state index contributed by atoms with van der Waals surface area (Å²) in [5.41, 5.74) is 7.47. The molecule has 3 heterocycles. The topological polar surface area (TPSA) is 333 Å². The summed E-state index contributed by atoms with van der Waals surface area (Å²) in [5.74, 6) is -1.42. The number of H-pyrrole nitrogens is 3. The van der Waals surface area contributed by atoms with Crippen LogP contribution < -0.4 is 110 Å². The van der Waals surface area contributed by atoms with Crippen molar-refractivity contribution in [2.75, 3.05) is 29.3 Å². The number of pyridine rings is 3. The maximum Gasteiger partial charge on any atom is 1.00 e.